The van der Waals surface area contributed by atoms with Crippen molar-refractivity contribution in [3.8, 4) is 0 Å². The average Bonchev–Trinajstić information content (AvgIpc) is 2.87. The molecule has 18 heavy (non-hydrogen) atoms. The maximum absolute atomic E-state index is 4.50. The third-order valence-corrected chi connectivity index (χ3v) is 3.06. The minimum atomic E-state index is 0.917. The molecule has 0 amide bonds. The summed E-state index contributed by atoms with van der Waals surface area (Å²) in [6.45, 7) is 0. The molecule has 3 rings (SSSR count). The molecule has 0 radical (unpaired) electrons. The number of aromatic amines is 1. The Kier molecular flexibility index (Phi) is 3.05. The molecule has 3 aromatic rings. The molecule has 3 nitrogen and oxygen atoms in total. The number of nitrogens with zero attached hydrogens (tertiary/aromatic N) is 2. The number of hydrogen-bond acceptors (Lipinski definition) is 2. The van der Waals surface area contributed by atoms with Crippen molar-refractivity contribution in [3.63, 3.8) is 0 Å². The van der Waals surface area contributed by atoms with Gasteiger partial charge in [-0.2, -0.15) is 0 Å². The molecule has 0 unspecified atom stereocenters. The van der Waals surface area contributed by atoms with E-state index in [1.165, 1.54) is 5.56 Å². The first-order valence-corrected chi connectivity index (χ1v) is 6.25. The van der Waals surface area contributed by atoms with Gasteiger partial charge in [0.2, 0.25) is 0 Å². The van der Waals surface area contributed by atoms with Crippen molar-refractivity contribution in [1.82, 2.24) is 15.0 Å². The predicted molar refractivity (Wildman–Crippen MR) is 72.4 cm³/mol. The highest BCUT2D eigenvalue weighted by Gasteiger charge is 2.01. The monoisotopic (exact) mass is 237 g/mol. The summed E-state index contributed by atoms with van der Waals surface area (Å²) in [6.07, 6.45) is 6.86. The second-order valence-electron chi connectivity index (χ2n) is 4.41. The first-order valence-electron chi connectivity index (χ1n) is 6.25. The van der Waals surface area contributed by atoms with E-state index in [1.54, 1.807) is 0 Å². The van der Waals surface area contributed by atoms with Crippen LogP contribution in [0.1, 0.15) is 17.8 Å². The Balaban J connectivity index is 1.62. The first kappa shape index (κ1) is 11.0. The highest BCUT2D eigenvalue weighted by molar-refractivity contribution is 5.73. The second kappa shape index (κ2) is 5.00. The van der Waals surface area contributed by atoms with Gasteiger partial charge in [0.15, 0.2) is 0 Å². The fourth-order valence-electron chi connectivity index (χ4n) is 2.09. The third kappa shape index (κ3) is 2.40. The molecule has 0 saturated carbocycles. The SMILES string of the molecule is c1ccc(CCCc2ncc3cc[nH]c3n2)cc1. The lowest BCUT2D eigenvalue weighted by Crippen LogP contribution is -1.96. The molecule has 0 bridgehead atoms. The molecule has 0 aliphatic rings. The molecular weight excluding hydrogens is 222 g/mol. The Labute approximate surface area is 106 Å². The molecule has 90 valence electrons. The van der Waals surface area contributed by atoms with Gasteiger partial charge in [0, 0.05) is 24.2 Å². The van der Waals surface area contributed by atoms with Crippen LogP contribution in [0.15, 0.2) is 48.8 Å². The first-order chi connectivity index (χ1) is 8.92. The Morgan fingerprint density at radius 1 is 1.00 bits per heavy atom. The fraction of sp³-hybridized carbons (Fsp3) is 0.200. The molecule has 0 spiro atoms. The van der Waals surface area contributed by atoms with E-state index in [-0.39, 0.29) is 0 Å². The number of aromatic nitrogens is 3. The van der Waals surface area contributed by atoms with Crippen LogP contribution in [-0.2, 0) is 12.8 Å². The third-order valence-electron chi connectivity index (χ3n) is 3.06. The van der Waals surface area contributed by atoms with Gasteiger partial charge < -0.3 is 4.98 Å². The zero-order valence-electron chi connectivity index (χ0n) is 10.1. The van der Waals surface area contributed by atoms with Gasteiger partial charge in [-0.15, -0.1) is 0 Å². The molecule has 2 aromatic heterocycles. The Bertz CT molecular complexity index is 628. The molecule has 0 atom stereocenters. The lowest BCUT2D eigenvalue weighted by molar-refractivity contribution is 0.775. The number of aryl methyl sites for hydroxylation is 2. The molecule has 0 saturated heterocycles. The fourth-order valence-corrected chi connectivity index (χ4v) is 2.09. The number of hydrogen-bond donors (Lipinski definition) is 1. The van der Waals surface area contributed by atoms with Crippen molar-refractivity contribution >= 4 is 11.0 Å². The van der Waals surface area contributed by atoms with Crippen LogP contribution >= 0.6 is 0 Å². The van der Waals surface area contributed by atoms with Crippen molar-refractivity contribution in [3.05, 3.63) is 60.2 Å². The number of H-pyrrole nitrogens is 1. The summed E-state index contributed by atoms with van der Waals surface area (Å²) >= 11 is 0. The van der Waals surface area contributed by atoms with Crippen molar-refractivity contribution in [2.24, 2.45) is 0 Å². The van der Waals surface area contributed by atoms with Gasteiger partial charge in [0.05, 0.1) is 0 Å². The molecule has 3 heteroatoms. The van der Waals surface area contributed by atoms with Crippen molar-refractivity contribution in [1.29, 1.82) is 0 Å². The topological polar surface area (TPSA) is 41.6 Å². The van der Waals surface area contributed by atoms with Crippen LogP contribution in [-0.4, -0.2) is 15.0 Å². The van der Waals surface area contributed by atoms with Gasteiger partial charge >= 0.3 is 0 Å². The Morgan fingerprint density at radius 3 is 2.78 bits per heavy atom. The molecule has 1 N–H and O–H groups in total. The van der Waals surface area contributed by atoms with Crippen LogP contribution in [0.5, 0.6) is 0 Å². The van der Waals surface area contributed by atoms with E-state index < -0.39 is 0 Å². The zero-order chi connectivity index (χ0) is 12.2. The predicted octanol–water partition coefficient (Wildman–Crippen LogP) is 3.13. The Morgan fingerprint density at radius 2 is 1.89 bits per heavy atom. The largest absolute Gasteiger partial charge is 0.346 e. The lowest BCUT2D eigenvalue weighted by atomic mass is 10.1. The average molecular weight is 237 g/mol. The van der Waals surface area contributed by atoms with Gasteiger partial charge in [0.1, 0.15) is 11.5 Å². The standard InChI is InChI=1S/C15H15N3/c1-2-5-12(6-3-1)7-4-8-14-17-11-13-9-10-16-15(13)18-14/h1-3,5-6,9-11H,4,7-8H2,(H,16,17,18). The van der Waals surface area contributed by atoms with Crippen molar-refractivity contribution in [2.45, 2.75) is 19.3 Å². The highest BCUT2D eigenvalue weighted by atomic mass is 14.9. The van der Waals surface area contributed by atoms with Gasteiger partial charge in [-0.05, 0) is 24.5 Å². The van der Waals surface area contributed by atoms with E-state index in [4.69, 9.17) is 0 Å². The zero-order valence-corrected chi connectivity index (χ0v) is 10.1. The number of nitrogens with one attached hydrogen (secondary N) is 1. The van der Waals surface area contributed by atoms with Crippen LogP contribution in [0.3, 0.4) is 0 Å². The number of fused-ring (bicyclic) bond motifs is 1. The van der Waals surface area contributed by atoms with E-state index >= 15 is 0 Å². The van der Waals surface area contributed by atoms with Crippen LogP contribution in [0.4, 0.5) is 0 Å². The molecule has 2 heterocycles. The molecule has 0 aliphatic carbocycles. The van der Waals surface area contributed by atoms with Crippen molar-refractivity contribution < 1.29 is 0 Å². The summed E-state index contributed by atoms with van der Waals surface area (Å²) in [5.41, 5.74) is 2.30. The van der Waals surface area contributed by atoms with E-state index in [2.05, 4.69) is 39.2 Å². The summed E-state index contributed by atoms with van der Waals surface area (Å²) < 4.78 is 0. The molecular formula is C15H15N3. The minimum Gasteiger partial charge on any atom is -0.346 e. The highest BCUT2D eigenvalue weighted by Crippen LogP contribution is 2.10. The number of rotatable bonds is 4. The van der Waals surface area contributed by atoms with E-state index in [1.807, 2.05) is 24.5 Å². The van der Waals surface area contributed by atoms with E-state index in [9.17, 15) is 0 Å². The van der Waals surface area contributed by atoms with Crippen LogP contribution in [0.2, 0.25) is 0 Å². The summed E-state index contributed by atoms with van der Waals surface area (Å²) in [6, 6.07) is 12.5. The number of benzene rings is 1. The quantitative estimate of drug-likeness (QED) is 0.757. The molecule has 1 aromatic carbocycles. The Hall–Kier alpha value is -2.16. The van der Waals surface area contributed by atoms with E-state index in [0.717, 1.165) is 36.1 Å². The van der Waals surface area contributed by atoms with E-state index in [0.29, 0.717) is 0 Å². The van der Waals surface area contributed by atoms with Crippen LogP contribution < -0.4 is 0 Å². The minimum absolute atomic E-state index is 0.917. The summed E-state index contributed by atoms with van der Waals surface area (Å²) in [4.78, 5) is 12.0. The maximum atomic E-state index is 4.50. The second-order valence-corrected chi connectivity index (χ2v) is 4.41. The van der Waals surface area contributed by atoms with Gasteiger partial charge in [-0.1, -0.05) is 30.3 Å². The summed E-state index contributed by atoms with van der Waals surface area (Å²) in [5.74, 6) is 0.917. The smallest absolute Gasteiger partial charge is 0.140 e. The maximum Gasteiger partial charge on any atom is 0.140 e. The normalized spacial score (nSPS) is 10.9. The summed E-state index contributed by atoms with van der Waals surface area (Å²) in [5, 5.41) is 1.07. The van der Waals surface area contributed by atoms with Crippen LogP contribution in [0.25, 0.3) is 11.0 Å². The van der Waals surface area contributed by atoms with Gasteiger partial charge in [0.25, 0.3) is 0 Å². The molecule has 0 fully saturated rings. The van der Waals surface area contributed by atoms with Gasteiger partial charge in [-0.3, -0.25) is 0 Å². The van der Waals surface area contributed by atoms with Crippen LogP contribution in [0, 0.1) is 0 Å². The summed E-state index contributed by atoms with van der Waals surface area (Å²) in [7, 11) is 0. The van der Waals surface area contributed by atoms with Gasteiger partial charge in [-0.25, -0.2) is 9.97 Å². The van der Waals surface area contributed by atoms with Crippen molar-refractivity contribution in [2.75, 3.05) is 0 Å². The molecule has 0 aliphatic heterocycles. The lowest BCUT2D eigenvalue weighted by Gasteiger charge is -2.01.